The van der Waals surface area contributed by atoms with E-state index in [-0.39, 0.29) is 24.0 Å². The van der Waals surface area contributed by atoms with E-state index in [0.717, 1.165) is 57.6 Å². The molecule has 1 aliphatic carbocycles. The maximum atomic E-state index is 5.68. The predicted octanol–water partition coefficient (Wildman–Crippen LogP) is 3.45. The minimum Gasteiger partial charge on any atom is -0.381 e. The van der Waals surface area contributed by atoms with E-state index in [2.05, 4.69) is 41.4 Å². The molecular formula is C18H28IN3O. The first-order valence-electron chi connectivity index (χ1n) is 8.60. The molecule has 0 bridgehead atoms. The molecular weight excluding hydrogens is 401 g/mol. The van der Waals surface area contributed by atoms with Crippen LogP contribution < -0.4 is 10.2 Å². The highest BCUT2D eigenvalue weighted by Crippen LogP contribution is 2.29. The number of para-hydroxylation sites is 1. The third-order valence-corrected chi connectivity index (χ3v) is 4.24. The molecule has 1 fully saturated rings. The average Bonchev–Trinajstić information content (AvgIpc) is 3.27. The van der Waals surface area contributed by atoms with Crippen LogP contribution in [0.5, 0.6) is 0 Å². The highest BCUT2D eigenvalue weighted by molar-refractivity contribution is 14.0. The van der Waals surface area contributed by atoms with Crippen molar-refractivity contribution < 1.29 is 4.74 Å². The minimum absolute atomic E-state index is 0. The van der Waals surface area contributed by atoms with Gasteiger partial charge in [-0.05, 0) is 50.2 Å². The lowest BCUT2D eigenvalue weighted by Gasteiger charge is -2.22. The highest BCUT2D eigenvalue weighted by Gasteiger charge is 2.22. The summed E-state index contributed by atoms with van der Waals surface area (Å²) in [7, 11) is 0. The number of rotatable bonds is 7. The number of halogens is 1. The number of benzene rings is 1. The number of fused-ring (bicyclic) bond motifs is 1. The monoisotopic (exact) mass is 429 g/mol. The zero-order valence-electron chi connectivity index (χ0n) is 14.0. The Morgan fingerprint density at radius 1 is 1.35 bits per heavy atom. The summed E-state index contributed by atoms with van der Waals surface area (Å²) in [5.41, 5.74) is 2.72. The Balaban J connectivity index is 0.00000192. The van der Waals surface area contributed by atoms with Gasteiger partial charge in [0.15, 0.2) is 5.96 Å². The number of nitrogens with one attached hydrogen (secondary N) is 1. The number of hydrogen-bond acceptors (Lipinski definition) is 2. The van der Waals surface area contributed by atoms with Crippen LogP contribution in [0, 0.1) is 5.92 Å². The largest absolute Gasteiger partial charge is 0.381 e. The molecule has 128 valence electrons. The molecule has 1 saturated carbocycles. The van der Waals surface area contributed by atoms with Gasteiger partial charge in [0.2, 0.25) is 0 Å². The number of hydrogen-bond donors (Lipinski definition) is 1. The SMILES string of the molecule is CCNC(=NCCCOCC1CC1)N1CCc2ccccc21.I. The van der Waals surface area contributed by atoms with Crippen molar-refractivity contribution in [2.24, 2.45) is 10.9 Å². The summed E-state index contributed by atoms with van der Waals surface area (Å²) in [5.74, 6) is 1.86. The smallest absolute Gasteiger partial charge is 0.198 e. The summed E-state index contributed by atoms with van der Waals surface area (Å²) in [6.07, 6.45) is 4.82. The Morgan fingerprint density at radius 2 is 2.17 bits per heavy atom. The lowest BCUT2D eigenvalue weighted by atomic mass is 10.2. The lowest BCUT2D eigenvalue weighted by molar-refractivity contribution is 0.123. The van der Waals surface area contributed by atoms with E-state index < -0.39 is 0 Å². The molecule has 0 radical (unpaired) electrons. The Bertz CT molecular complexity index is 517. The van der Waals surface area contributed by atoms with Gasteiger partial charge in [-0.1, -0.05) is 18.2 Å². The van der Waals surface area contributed by atoms with Crippen molar-refractivity contribution in [1.29, 1.82) is 0 Å². The fourth-order valence-corrected chi connectivity index (χ4v) is 2.84. The molecule has 1 N–H and O–H groups in total. The number of ether oxygens (including phenoxy) is 1. The summed E-state index contributed by atoms with van der Waals surface area (Å²) in [6, 6.07) is 8.62. The molecule has 5 heteroatoms. The first-order valence-corrected chi connectivity index (χ1v) is 8.60. The van der Waals surface area contributed by atoms with Crippen molar-refractivity contribution in [1.82, 2.24) is 5.32 Å². The summed E-state index contributed by atoms with van der Waals surface area (Å²) in [6.45, 7) is 6.64. The number of anilines is 1. The molecule has 1 heterocycles. The molecule has 0 atom stereocenters. The predicted molar refractivity (Wildman–Crippen MR) is 107 cm³/mol. The first kappa shape index (κ1) is 18.5. The standard InChI is InChI=1S/C18H27N3O.HI/c1-2-19-18(20-11-5-13-22-14-15-8-9-15)21-12-10-16-6-3-4-7-17(16)21;/h3-4,6-7,15H,2,5,8-14H2,1H3,(H,19,20);1H. The fraction of sp³-hybridized carbons (Fsp3) is 0.611. The van der Waals surface area contributed by atoms with Crippen LogP contribution in [-0.2, 0) is 11.2 Å². The molecule has 23 heavy (non-hydrogen) atoms. The molecule has 0 spiro atoms. The second-order valence-corrected chi connectivity index (χ2v) is 6.14. The Kier molecular flexibility index (Phi) is 7.62. The molecule has 0 amide bonds. The van der Waals surface area contributed by atoms with E-state index in [1.54, 1.807) is 0 Å². The van der Waals surface area contributed by atoms with Gasteiger partial charge in [0, 0.05) is 38.5 Å². The van der Waals surface area contributed by atoms with E-state index in [4.69, 9.17) is 9.73 Å². The van der Waals surface area contributed by atoms with Crippen molar-refractivity contribution in [3.8, 4) is 0 Å². The molecule has 2 aliphatic rings. The first-order chi connectivity index (χ1) is 10.9. The molecule has 3 rings (SSSR count). The van der Waals surface area contributed by atoms with Crippen LogP contribution in [0.2, 0.25) is 0 Å². The van der Waals surface area contributed by atoms with Crippen LogP contribution in [0.3, 0.4) is 0 Å². The maximum Gasteiger partial charge on any atom is 0.198 e. The third kappa shape index (κ3) is 5.35. The quantitative estimate of drug-likeness (QED) is 0.312. The van der Waals surface area contributed by atoms with Gasteiger partial charge in [0.1, 0.15) is 0 Å². The third-order valence-electron chi connectivity index (χ3n) is 4.24. The highest BCUT2D eigenvalue weighted by atomic mass is 127. The van der Waals surface area contributed by atoms with Crippen molar-refractivity contribution in [3.05, 3.63) is 29.8 Å². The number of nitrogens with zero attached hydrogens (tertiary/aromatic N) is 2. The van der Waals surface area contributed by atoms with Crippen LogP contribution in [0.25, 0.3) is 0 Å². The Morgan fingerprint density at radius 3 is 2.96 bits per heavy atom. The van der Waals surface area contributed by atoms with Gasteiger partial charge >= 0.3 is 0 Å². The number of guanidine groups is 1. The van der Waals surface area contributed by atoms with Crippen LogP contribution in [0.1, 0.15) is 31.7 Å². The molecule has 0 aromatic heterocycles. The van der Waals surface area contributed by atoms with Crippen LogP contribution in [0.15, 0.2) is 29.3 Å². The van der Waals surface area contributed by atoms with E-state index >= 15 is 0 Å². The fourth-order valence-electron chi connectivity index (χ4n) is 2.84. The van der Waals surface area contributed by atoms with Gasteiger partial charge < -0.3 is 15.0 Å². The van der Waals surface area contributed by atoms with Crippen LogP contribution in [0.4, 0.5) is 5.69 Å². The summed E-state index contributed by atoms with van der Waals surface area (Å²) >= 11 is 0. The molecule has 1 aliphatic heterocycles. The normalized spacial score (nSPS) is 16.9. The van der Waals surface area contributed by atoms with E-state index in [1.165, 1.54) is 24.1 Å². The van der Waals surface area contributed by atoms with Crippen molar-refractivity contribution >= 4 is 35.6 Å². The van der Waals surface area contributed by atoms with E-state index in [1.807, 2.05) is 0 Å². The summed E-state index contributed by atoms with van der Waals surface area (Å²) in [5, 5.41) is 3.42. The maximum absolute atomic E-state index is 5.68. The number of aliphatic imine (C=N–C) groups is 1. The van der Waals surface area contributed by atoms with Gasteiger partial charge in [0.25, 0.3) is 0 Å². The average molecular weight is 429 g/mol. The lowest BCUT2D eigenvalue weighted by Crippen LogP contribution is -2.40. The van der Waals surface area contributed by atoms with Gasteiger partial charge in [0.05, 0.1) is 0 Å². The van der Waals surface area contributed by atoms with E-state index in [9.17, 15) is 0 Å². The zero-order valence-corrected chi connectivity index (χ0v) is 16.3. The molecule has 0 unspecified atom stereocenters. The Hall–Kier alpha value is -0.820. The van der Waals surface area contributed by atoms with Crippen molar-refractivity contribution in [3.63, 3.8) is 0 Å². The second-order valence-electron chi connectivity index (χ2n) is 6.14. The molecule has 0 saturated heterocycles. The van der Waals surface area contributed by atoms with Gasteiger partial charge in [-0.2, -0.15) is 0 Å². The second kappa shape index (κ2) is 9.47. The van der Waals surface area contributed by atoms with Crippen LogP contribution in [-0.4, -0.2) is 38.8 Å². The zero-order chi connectivity index (χ0) is 15.2. The van der Waals surface area contributed by atoms with Crippen molar-refractivity contribution in [2.75, 3.05) is 37.7 Å². The van der Waals surface area contributed by atoms with Crippen molar-refractivity contribution in [2.45, 2.75) is 32.6 Å². The minimum atomic E-state index is 0. The molecule has 4 nitrogen and oxygen atoms in total. The van der Waals surface area contributed by atoms with E-state index in [0.29, 0.717) is 0 Å². The Labute approximate surface area is 156 Å². The molecule has 1 aromatic carbocycles. The van der Waals surface area contributed by atoms with Gasteiger partial charge in [-0.25, -0.2) is 0 Å². The molecule has 1 aromatic rings. The summed E-state index contributed by atoms with van der Waals surface area (Å²) in [4.78, 5) is 7.09. The van der Waals surface area contributed by atoms with Gasteiger partial charge in [-0.15, -0.1) is 24.0 Å². The van der Waals surface area contributed by atoms with Gasteiger partial charge in [-0.3, -0.25) is 4.99 Å². The summed E-state index contributed by atoms with van der Waals surface area (Å²) < 4.78 is 5.68. The van der Waals surface area contributed by atoms with Crippen LogP contribution >= 0.6 is 24.0 Å². The topological polar surface area (TPSA) is 36.9 Å².